The van der Waals surface area contributed by atoms with Gasteiger partial charge < -0.3 is 15.5 Å². The first kappa shape index (κ1) is 34.0. The van der Waals surface area contributed by atoms with E-state index < -0.39 is 10.8 Å². The number of anilines is 4. The largest absolute Gasteiger partial charge is 0.332 e. The highest BCUT2D eigenvalue weighted by Gasteiger charge is 2.29. The maximum absolute atomic E-state index is 13.6. The second kappa shape index (κ2) is 14.6. The predicted molar refractivity (Wildman–Crippen MR) is 193 cm³/mol. The molecule has 2 amide bonds. The summed E-state index contributed by atoms with van der Waals surface area (Å²) in [6.45, 7) is 11.7. The molecular weight excluding hydrogens is 596 g/mol. The lowest BCUT2D eigenvalue weighted by molar-refractivity contribution is -0.123. The van der Waals surface area contributed by atoms with Gasteiger partial charge in [-0.25, -0.2) is 0 Å². The smallest absolute Gasteiger partial charge is 0.229 e. The molecule has 0 aliphatic carbocycles. The van der Waals surface area contributed by atoms with Crippen molar-refractivity contribution in [2.24, 2.45) is 10.8 Å². The maximum Gasteiger partial charge on any atom is 0.229 e. The summed E-state index contributed by atoms with van der Waals surface area (Å²) in [7, 11) is 0. The standard InChI is InChI=1S/C40H44N6O2/c1-39(2,3)37(47)44-33-20-13-15-28(25-30-17-7-10-22-41-30)35(33)46(27-32-19-9-12-24-43-32)36-29(26-31-18-8-11-23-42-31)16-14-21-34(36)45-38(48)40(4,5)6/h7-24H,25-27H2,1-6H3,(H,44,47)(H,45,48). The Balaban J connectivity index is 1.80. The minimum Gasteiger partial charge on any atom is -0.332 e. The van der Waals surface area contributed by atoms with Crippen molar-refractivity contribution in [3.63, 3.8) is 0 Å². The fourth-order valence-electron chi connectivity index (χ4n) is 5.25. The number of amides is 2. The van der Waals surface area contributed by atoms with E-state index in [1.807, 2.05) is 120 Å². The molecule has 2 N–H and O–H groups in total. The SMILES string of the molecule is CC(C)(C)C(=O)Nc1cccc(Cc2ccccn2)c1N(Cc1ccccn1)c1c(Cc2ccccn2)cccc1NC(=O)C(C)(C)C. The van der Waals surface area contributed by atoms with Gasteiger partial charge in [-0.05, 0) is 59.7 Å². The molecule has 0 spiro atoms. The molecule has 0 fully saturated rings. The van der Waals surface area contributed by atoms with Crippen LogP contribution >= 0.6 is 0 Å². The first-order valence-corrected chi connectivity index (χ1v) is 16.2. The summed E-state index contributed by atoms with van der Waals surface area (Å²) in [4.78, 5) is 43.3. The van der Waals surface area contributed by atoms with Crippen LogP contribution in [0.1, 0.15) is 69.8 Å². The fraction of sp³-hybridized carbons (Fsp3) is 0.275. The second-order valence-corrected chi connectivity index (χ2v) is 13.9. The number of carbonyl (C=O) groups excluding carboxylic acids is 2. The highest BCUT2D eigenvalue weighted by molar-refractivity contribution is 6.02. The Hall–Kier alpha value is -5.37. The zero-order chi connectivity index (χ0) is 34.3. The van der Waals surface area contributed by atoms with Crippen molar-refractivity contribution in [1.82, 2.24) is 15.0 Å². The van der Waals surface area contributed by atoms with E-state index in [0.717, 1.165) is 39.6 Å². The van der Waals surface area contributed by atoms with Crippen LogP contribution in [0.15, 0.2) is 110 Å². The minimum atomic E-state index is -0.636. The van der Waals surface area contributed by atoms with Gasteiger partial charge in [0.05, 0.1) is 35.0 Å². The molecule has 5 aromatic rings. The number of benzene rings is 2. The third kappa shape index (κ3) is 8.50. The number of nitrogens with one attached hydrogen (secondary N) is 2. The Bertz CT molecular complexity index is 1730. The summed E-state index contributed by atoms with van der Waals surface area (Å²) in [6.07, 6.45) is 6.38. The topological polar surface area (TPSA) is 100 Å². The van der Waals surface area contributed by atoms with Crippen LogP contribution in [-0.2, 0) is 29.0 Å². The van der Waals surface area contributed by atoms with Crippen molar-refractivity contribution in [1.29, 1.82) is 0 Å². The van der Waals surface area contributed by atoms with E-state index in [1.54, 1.807) is 18.6 Å². The van der Waals surface area contributed by atoms with E-state index in [-0.39, 0.29) is 11.8 Å². The van der Waals surface area contributed by atoms with Crippen molar-refractivity contribution < 1.29 is 9.59 Å². The van der Waals surface area contributed by atoms with Gasteiger partial charge in [-0.2, -0.15) is 0 Å². The first-order valence-electron chi connectivity index (χ1n) is 16.2. The summed E-state index contributed by atoms with van der Waals surface area (Å²) < 4.78 is 0. The van der Waals surface area contributed by atoms with Gasteiger partial charge in [0.2, 0.25) is 11.8 Å². The van der Waals surface area contributed by atoms with E-state index in [0.29, 0.717) is 30.8 Å². The predicted octanol–water partition coefficient (Wildman–Crippen LogP) is 8.36. The van der Waals surface area contributed by atoms with Crippen LogP contribution in [-0.4, -0.2) is 26.8 Å². The highest BCUT2D eigenvalue weighted by Crippen LogP contribution is 2.44. The zero-order valence-corrected chi connectivity index (χ0v) is 28.6. The third-order valence-corrected chi connectivity index (χ3v) is 7.88. The molecule has 2 aromatic carbocycles. The quantitative estimate of drug-likeness (QED) is 0.159. The lowest BCUT2D eigenvalue weighted by atomic mass is 9.94. The summed E-state index contributed by atoms with van der Waals surface area (Å²) in [5, 5.41) is 6.49. The van der Waals surface area contributed by atoms with Gasteiger partial charge >= 0.3 is 0 Å². The molecule has 0 aliphatic heterocycles. The van der Waals surface area contributed by atoms with Gasteiger partial charge in [0.25, 0.3) is 0 Å². The first-order chi connectivity index (χ1) is 22.9. The van der Waals surface area contributed by atoms with Gasteiger partial charge in [-0.1, -0.05) is 84.0 Å². The molecule has 0 radical (unpaired) electrons. The molecule has 0 atom stereocenters. The Labute approximate surface area is 283 Å². The van der Waals surface area contributed by atoms with Crippen LogP contribution in [0, 0.1) is 10.8 Å². The number of rotatable bonds is 10. The molecule has 48 heavy (non-hydrogen) atoms. The Morgan fingerprint density at radius 2 is 0.938 bits per heavy atom. The molecule has 8 heteroatoms. The monoisotopic (exact) mass is 640 g/mol. The molecule has 8 nitrogen and oxygen atoms in total. The van der Waals surface area contributed by atoms with Crippen LogP contribution in [0.5, 0.6) is 0 Å². The Kier molecular flexibility index (Phi) is 10.3. The van der Waals surface area contributed by atoms with Gasteiger partial charge in [-0.15, -0.1) is 0 Å². The number of pyridine rings is 3. The number of carbonyl (C=O) groups is 2. The number of para-hydroxylation sites is 2. The fourth-order valence-corrected chi connectivity index (χ4v) is 5.25. The van der Waals surface area contributed by atoms with Crippen molar-refractivity contribution in [2.45, 2.75) is 60.9 Å². The van der Waals surface area contributed by atoms with Crippen molar-refractivity contribution in [2.75, 3.05) is 15.5 Å². The summed E-state index contributed by atoms with van der Waals surface area (Å²) >= 11 is 0. The van der Waals surface area contributed by atoms with Crippen LogP contribution < -0.4 is 15.5 Å². The average Bonchev–Trinajstić information content (AvgIpc) is 3.05. The molecule has 246 valence electrons. The Morgan fingerprint density at radius 1 is 0.542 bits per heavy atom. The van der Waals surface area contributed by atoms with E-state index >= 15 is 0 Å². The summed E-state index contributed by atoms with van der Waals surface area (Å²) in [5.41, 5.74) is 6.13. The highest BCUT2D eigenvalue weighted by atomic mass is 16.2. The van der Waals surface area contributed by atoms with E-state index in [4.69, 9.17) is 4.98 Å². The van der Waals surface area contributed by atoms with Crippen LogP contribution in [0.3, 0.4) is 0 Å². The van der Waals surface area contributed by atoms with Crippen LogP contribution in [0.25, 0.3) is 0 Å². The van der Waals surface area contributed by atoms with Crippen LogP contribution in [0.2, 0.25) is 0 Å². The van der Waals surface area contributed by atoms with Gasteiger partial charge in [0, 0.05) is 53.7 Å². The second-order valence-electron chi connectivity index (χ2n) is 13.9. The molecule has 0 bridgehead atoms. The molecule has 0 aliphatic rings. The minimum absolute atomic E-state index is 0.112. The van der Waals surface area contributed by atoms with Crippen molar-refractivity contribution in [3.8, 4) is 0 Å². The number of hydrogen-bond acceptors (Lipinski definition) is 6. The molecule has 0 saturated carbocycles. The van der Waals surface area contributed by atoms with Crippen molar-refractivity contribution >= 4 is 34.6 Å². The van der Waals surface area contributed by atoms with E-state index in [9.17, 15) is 9.59 Å². The third-order valence-electron chi connectivity index (χ3n) is 7.88. The van der Waals surface area contributed by atoms with Gasteiger partial charge in [0.1, 0.15) is 0 Å². The molecule has 3 aromatic heterocycles. The Morgan fingerprint density at radius 3 is 1.29 bits per heavy atom. The van der Waals surface area contributed by atoms with E-state index in [2.05, 4.69) is 37.6 Å². The van der Waals surface area contributed by atoms with Crippen LogP contribution in [0.4, 0.5) is 22.7 Å². The number of hydrogen-bond donors (Lipinski definition) is 2. The molecule has 0 unspecified atom stereocenters. The lowest BCUT2D eigenvalue weighted by Crippen LogP contribution is -2.31. The van der Waals surface area contributed by atoms with Gasteiger partial charge in [-0.3, -0.25) is 24.5 Å². The van der Waals surface area contributed by atoms with Gasteiger partial charge in [0.15, 0.2) is 0 Å². The molecule has 0 saturated heterocycles. The average molecular weight is 641 g/mol. The zero-order valence-electron chi connectivity index (χ0n) is 28.6. The van der Waals surface area contributed by atoms with E-state index in [1.165, 1.54) is 0 Å². The maximum atomic E-state index is 13.6. The van der Waals surface area contributed by atoms with Crippen molar-refractivity contribution in [3.05, 3.63) is 138 Å². The molecular formula is C40H44N6O2. The summed E-state index contributed by atoms with van der Waals surface area (Å²) in [6, 6.07) is 29.5. The number of aromatic nitrogens is 3. The molecule has 5 rings (SSSR count). The lowest BCUT2D eigenvalue weighted by Gasteiger charge is -2.34. The molecule has 3 heterocycles. The normalized spacial score (nSPS) is 11.5. The summed E-state index contributed by atoms with van der Waals surface area (Å²) in [5.74, 6) is -0.223. The number of nitrogens with zero attached hydrogens (tertiary/aromatic N) is 4.